The molecular formula is C31H38N4O5. The zero-order valence-corrected chi connectivity index (χ0v) is 23.8. The van der Waals surface area contributed by atoms with E-state index in [9.17, 15) is 9.59 Å². The van der Waals surface area contributed by atoms with Crippen LogP contribution in [-0.2, 0) is 32.0 Å². The van der Waals surface area contributed by atoms with Gasteiger partial charge in [-0.25, -0.2) is 9.78 Å². The summed E-state index contributed by atoms with van der Waals surface area (Å²) in [7, 11) is 0. The van der Waals surface area contributed by atoms with Crippen LogP contribution in [0.1, 0.15) is 55.5 Å². The van der Waals surface area contributed by atoms with Crippen LogP contribution in [0.5, 0.6) is 0 Å². The Bertz CT molecular complexity index is 1440. The van der Waals surface area contributed by atoms with Crippen LogP contribution in [0, 0.1) is 12.8 Å². The number of aromatic amines is 1. The van der Waals surface area contributed by atoms with Crippen molar-refractivity contribution in [3.8, 4) is 11.1 Å². The van der Waals surface area contributed by atoms with E-state index in [-0.39, 0.29) is 24.0 Å². The molecule has 0 aliphatic carbocycles. The maximum absolute atomic E-state index is 13.4. The number of rotatable bonds is 3. The molecule has 0 saturated carbocycles. The fourth-order valence-electron chi connectivity index (χ4n) is 6.03. The smallest absolute Gasteiger partial charge is 0.410 e. The molecule has 3 aliphatic heterocycles. The number of pyridine rings is 1. The van der Waals surface area contributed by atoms with E-state index in [2.05, 4.69) is 35.1 Å². The standard InChI is InChI=1S/C31H38N4O5/c1-19-14-32-28-24(19)13-23(15-33-28)22-11-20-5-7-34(29(36)21-6-9-38-17-21)16-26(20)25(12-22)27-18-39-10-8-35(27)30(37)40-31(2,3)4/h11-15,21,27H,5-10,16-18H2,1-4H3,(H,32,33)/t21-,27-/m0/s1. The number of H-pyrrole nitrogens is 1. The van der Waals surface area contributed by atoms with Crippen molar-refractivity contribution in [2.45, 2.75) is 58.7 Å². The largest absolute Gasteiger partial charge is 0.444 e. The lowest BCUT2D eigenvalue weighted by atomic mass is 9.86. The first-order chi connectivity index (χ1) is 19.2. The highest BCUT2D eigenvalue weighted by Crippen LogP contribution is 2.38. The summed E-state index contributed by atoms with van der Waals surface area (Å²) in [5.41, 5.74) is 6.75. The van der Waals surface area contributed by atoms with E-state index in [4.69, 9.17) is 14.2 Å². The summed E-state index contributed by atoms with van der Waals surface area (Å²) in [5, 5.41) is 1.09. The van der Waals surface area contributed by atoms with Crippen LogP contribution in [0.4, 0.5) is 4.79 Å². The second kappa shape index (κ2) is 10.5. The summed E-state index contributed by atoms with van der Waals surface area (Å²) < 4.78 is 17.3. The number of aromatic nitrogens is 2. The van der Waals surface area contributed by atoms with Gasteiger partial charge < -0.3 is 24.1 Å². The number of amides is 2. The number of fused-ring (bicyclic) bond motifs is 2. The zero-order chi connectivity index (χ0) is 28.0. The van der Waals surface area contributed by atoms with Gasteiger partial charge in [0.1, 0.15) is 11.2 Å². The number of ether oxygens (including phenoxy) is 3. The number of aryl methyl sites for hydroxylation is 1. The quantitative estimate of drug-likeness (QED) is 0.509. The van der Waals surface area contributed by atoms with Gasteiger partial charge in [0.15, 0.2) is 0 Å². The number of nitrogens with one attached hydrogen (secondary N) is 1. The number of hydrogen-bond acceptors (Lipinski definition) is 6. The minimum absolute atomic E-state index is 0.0806. The van der Waals surface area contributed by atoms with Crippen LogP contribution < -0.4 is 0 Å². The van der Waals surface area contributed by atoms with Crippen molar-refractivity contribution < 1.29 is 23.8 Å². The van der Waals surface area contributed by atoms with Gasteiger partial charge in [0, 0.05) is 49.6 Å². The third-order valence-electron chi connectivity index (χ3n) is 8.15. The van der Waals surface area contributed by atoms with Gasteiger partial charge in [-0.1, -0.05) is 6.07 Å². The van der Waals surface area contributed by atoms with Crippen molar-refractivity contribution in [2.24, 2.45) is 5.92 Å². The molecule has 3 aromatic rings. The number of morpholine rings is 1. The molecule has 1 N–H and O–H groups in total. The monoisotopic (exact) mass is 546 g/mol. The van der Waals surface area contributed by atoms with Crippen LogP contribution >= 0.6 is 0 Å². The van der Waals surface area contributed by atoms with Crippen molar-refractivity contribution in [3.63, 3.8) is 0 Å². The summed E-state index contributed by atoms with van der Waals surface area (Å²) in [6, 6.07) is 6.23. The van der Waals surface area contributed by atoms with Crippen LogP contribution in [-0.4, -0.2) is 76.9 Å². The molecular weight excluding hydrogens is 508 g/mol. The molecule has 9 heteroatoms. The molecule has 212 valence electrons. The predicted octanol–water partition coefficient (Wildman–Crippen LogP) is 4.77. The van der Waals surface area contributed by atoms with Crippen molar-refractivity contribution in [2.75, 3.05) is 39.5 Å². The molecule has 0 spiro atoms. The second-order valence-electron chi connectivity index (χ2n) is 12.1. The Morgan fingerprint density at radius 1 is 1.07 bits per heavy atom. The minimum atomic E-state index is -0.608. The van der Waals surface area contributed by atoms with Crippen LogP contribution in [0.3, 0.4) is 0 Å². The van der Waals surface area contributed by atoms with Gasteiger partial charge in [-0.05, 0) is 80.5 Å². The van der Waals surface area contributed by atoms with Gasteiger partial charge in [0.25, 0.3) is 0 Å². The first-order valence-corrected chi connectivity index (χ1v) is 14.2. The number of carbonyl (C=O) groups excluding carboxylic acids is 2. The molecule has 2 fully saturated rings. The van der Waals surface area contributed by atoms with Crippen LogP contribution in [0.2, 0.25) is 0 Å². The molecule has 9 nitrogen and oxygen atoms in total. The molecule has 40 heavy (non-hydrogen) atoms. The molecule has 0 unspecified atom stereocenters. The highest BCUT2D eigenvalue weighted by atomic mass is 16.6. The molecule has 1 aromatic carbocycles. The molecule has 2 aromatic heterocycles. The highest BCUT2D eigenvalue weighted by Gasteiger charge is 2.37. The Kier molecular flexibility index (Phi) is 7.04. The van der Waals surface area contributed by atoms with Crippen LogP contribution in [0.15, 0.2) is 30.6 Å². The van der Waals surface area contributed by atoms with Crippen molar-refractivity contribution in [1.29, 1.82) is 0 Å². The van der Waals surface area contributed by atoms with Gasteiger partial charge in [0.05, 0.1) is 31.8 Å². The van der Waals surface area contributed by atoms with E-state index >= 15 is 0 Å². The Hall–Kier alpha value is -3.43. The number of nitrogens with zero attached hydrogens (tertiary/aromatic N) is 3. The van der Waals surface area contributed by atoms with Crippen molar-refractivity contribution in [1.82, 2.24) is 19.8 Å². The summed E-state index contributed by atoms with van der Waals surface area (Å²) >= 11 is 0. The molecule has 5 heterocycles. The summed E-state index contributed by atoms with van der Waals surface area (Å²) in [6.07, 6.45) is 5.03. The lowest BCUT2D eigenvalue weighted by molar-refractivity contribution is -0.136. The van der Waals surface area contributed by atoms with E-state index in [1.165, 1.54) is 5.56 Å². The molecule has 3 aliphatic rings. The maximum Gasteiger partial charge on any atom is 0.410 e. The lowest BCUT2D eigenvalue weighted by Gasteiger charge is -2.40. The van der Waals surface area contributed by atoms with Gasteiger partial charge in [-0.3, -0.25) is 9.69 Å². The first-order valence-electron chi connectivity index (χ1n) is 14.2. The topological polar surface area (TPSA) is 97.0 Å². The Morgan fingerprint density at radius 2 is 1.90 bits per heavy atom. The molecule has 2 atom stereocenters. The predicted molar refractivity (Wildman–Crippen MR) is 151 cm³/mol. The minimum Gasteiger partial charge on any atom is -0.444 e. The fraction of sp³-hybridized carbons (Fsp3) is 0.516. The van der Waals surface area contributed by atoms with Gasteiger partial charge in [0.2, 0.25) is 5.91 Å². The molecule has 6 rings (SSSR count). The first kappa shape index (κ1) is 26.8. The Balaban J connectivity index is 1.42. The second-order valence-corrected chi connectivity index (χ2v) is 12.1. The Morgan fingerprint density at radius 3 is 2.67 bits per heavy atom. The number of hydrogen-bond donors (Lipinski definition) is 1. The van der Waals surface area contributed by atoms with E-state index in [1.54, 1.807) is 4.90 Å². The van der Waals surface area contributed by atoms with E-state index in [1.807, 2.05) is 38.1 Å². The van der Waals surface area contributed by atoms with Crippen molar-refractivity contribution >= 4 is 23.0 Å². The summed E-state index contributed by atoms with van der Waals surface area (Å²) in [6.45, 7) is 11.3. The van der Waals surface area contributed by atoms with E-state index in [0.717, 1.165) is 51.7 Å². The average molecular weight is 547 g/mol. The molecule has 2 amide bonds. The summed E-state index contributed by atoms with van der Waals surface area (Å²) in [5.74, 6) is 0.0718. The van der Waals surface area contributed by atoms with Gasteiger partial charge in [-0.2, -0.15) is 0 Å². The van der Waals surface area contributed by atoms with Crippen LogP contribution in [0.25, 0.3) is 22.2 Å². The van der Waals surface area contributed by atoms with Gasteiger partial charge >= 0.3 is 6.09 Å². The number of benzene rings is 1. The zero-order valence-electron chi connectivity index (χ0n) is 23.8. The van der Waals surface area contributed by atoms with E-state index in [0.29, 0.717) is 46.1 Å². The normalized spacial score (nSPS) is 21.5. The molecule has 0 radical (unpaired) electrons. The molecule has 2 saturated heterocycles. The van der Waals surface area contributed by atoms with Crippen molar-refractivity contribution in [3.05, 3.63) is 52.8 Å². The Labute approximate surface area is 234 Å². The molecule has 0 bridgehead atoms. The average Bonchev–Trinajstić information content (AvgIpc) is 3.61. The SMILES string of the molecule is Cc1c[nH]c2ncc(-c3cc4c(c([C@@H]5COCCN5C(=O)OC(C)(C)C)c3)CN(C(=O)[C@H]3CCOC3)CC4)cc12. The van der Waals surface area contributed by atoms with E-state index < -0.39 is 5.60 Å². The third-order valence-corrected chi connectivity index (χ3v) is 8.15. The third kappa shape index (κ3) is 5.20. The fourth-order valence-corrected chi connectivity index (χ4v) is 6.03. The lowest BCUT2D eigenvalue weighted by Crippen LogP contribution is -2.46. The number of carbonyl (C=O) groups is 2. The highest BCUT2D eigenvalue weighted by molar-refractivity contribution is 5.85. The maximum atomic E-state index is 13.4. The van der Waals surface area contributed by atoms with Gasteiger partial charge in [-0.15, -0.1) is 0 Å². The summed E-state index contributed by atoms with van der Waals surface area (Å²) in [4.78, 5) is 38.4.